The van der Waals surface area contributed by atoms with E-state index in [2.05, 4.69) is 5.32 Å². The quantitative estimate of drug-likeness (QED) is 0.927. The van der Waals surface area contributed by atoms with Crippen LogP contribution in [-0.4, -0.2) is 36.0 Å². The van der Waals surface area contributed by atoms with Crippen LogP contribution >= 0.6 is 0 Å². The molecular weight excluding hydrogens is 276 g/mol. The number of rotatable bonds is 2. The molecule has 3 atom stereocenters. The molecule has 1 amide bonds. The van der Waals surface area contributed by atoms with E-state index >= 15 is 0 Å². The van der Waals surface area contributed by atoms with Crippen molar-refractivity contribution in [3.8, 4) is 0 Å². The van der Waals surface area contributed by atoms with Gasteiger partial charge >= 0.3 is 0 Å². The first kappa shape index (κ1) is 13.8. The van der Waals surface area contributed by atoms with Crippen LogP contribution in [0.15, 0.2) is 34.7 Å². The average molecular weight is 298 g/mol. The SMILES string of the molecule is CC(C(=O)N1CCC2CCC(C1)N2)c1cc2ccccc2o1. The predicted octanol–water partition coefficient (Wildman–Crippen LogP) is 2.89. The zero-order valence-corrected chi connectivity index (χ0v) is 12.9. The Hall–Kier alpha value is -1.81. The molecule has 3 heterocycles. The normalized spacial score (nSPS) is 26.1. The van der Waals surface area contributed by atoms with E-state index in [0.717, 1.165) is 36.2 Å². The molecule has 22 heavy (non-hydrogen) atoms. The standard InChI is InChI=1S/C18H22N2O2/c1-12(17-10-13-4-2-3-5-16(13)22-17)18(21)20-9-8-14-6-7-15(11-20)19-14/h2-5,10,12,14-15,19H,6-9,11H2,1H3. The van der Waals surface area contributed by atoms with E-state index in [9.17, 15) is 4.79 Å². The lowest BCUT2D eigenvalue weighted by molar-refractivity contribution is -0.133. The topological polar surface area (TPSA) is 45.5 Å². The second-order valence-corrected chi connectivity index (χ2v) is 6.62. The summed E-state index contributed by atoms with van der Waals surface area (Å²) in [6.07, 6.45) is 3.51. The largest absolute Gasteiger partial charge is 0.460 e. The number of para-hydroxylation sites is 1. The lowest BCUT2D eigenvalue weighted by Crippen LogP contribution is -2.40. The summed E-state index contributed by atoms with van der Waals surface area (Å²) in [7, 11) is 0. The van der Waals surface area contributed by atoms with E-state index < -0.39 is 0 Å². The maximum Gasteiger partial charge on any atom is 0.233 e. The third-order valence-corrected chi connectivity index (χ3v) is 5.08. The van der Waals surface area contributed by atoms with E-state index in [1.54, 1.807) is 0 Å². The molecule has 2 saturated heterocycles. The second kappa shape index (κ2) is 5.43. The molecule has 2 aromatic rings. The van der Waals surface area contributed by atoms with Gasteiger partial charge in [0.2, 0.25) is 5.91 Å². The van der Waals surface area contributed by atoms with Crippen LogP contribution in [-0.2, 0) is 4.79 Å². The molecule has 0 spiro atoms. The van der Waals surface area contributed by atoms with E-state index in [-0.39, 0.29) is 11.8 Å². The number of nitrogens with zero attached hydrogens (tertiary/aromatic N) is 1. The van der Waals surface area contributed by atoms with Crippen molar-refractivity contribution in [2.45, 2.75) is 44.2 Å². The lowest BCUT2D eigenvalue weighted by atomic mass is 10.0. The predicted molar refractivity (Wildman–Crippen MR) is 85.8 cm³/mol. The highest BCUT2D eigenvalue weighted by atomic mass is 16.3. The summed E-state index contributed by atoms with van der Waals surface area (Å²) in [6.45, 7) is 3.65. The monoisotopic (exact) mass is 298 g/mol. The van der Waals surface area contributed by atoms with E-state index in [4.69, 9.17) is 4.42 Å². The number of carbonyl (C=O) groups is 1. The maximum atomic E-state index is 12.8. The third kappa shape index (κ3) is 2.41. The molecule has 0 aliphatic carbocycles. The van der Waals surface area contributed by atoms with Crippen molar-refractivity contribution in [3.05, 3.63) is 36.1 Å². The molecule has 3 unspecified atom stereocenters. The van der Waals surface area contributed by atoms with Crippen LogP contribution in [0.2, 0.25) is 0 Å². The van der Waals surface area contributed by atoms with Gasteiger partial charge in [-0.05, 0) is 38.3 Å². The number of amides is 1. The first-order chi connectivity index (χ1) is 10.7. The van der Waals surface area contributed by atoms with Gasteiger partial charge in [-0.15, -0.1) is 0 Å². The molecule has 1 N–H and O–H groups in total. The van der Waals surface area contributed by atoms with Gasteiger partial charge in [0.1, 0.15) is 11.3 Å². The average Bonchev–Trinajstić information content (AvgIpc) is 3.09. The third-order valence-electron chi connectivity index (χ3n) is 5.08. The molecule has 4 rings (SSSR count). The van der Waals surface area contributed by atoms with Gasteiger partial charge in [-0.3, -0.25) is 4.79 Å². The fraction of sp³-hybridized carbons (Fsp3) is 0.500. The summed E-state index contributed by atoms with van der Waals surface area (Å²) in [5, 5.41) is 4.68. The summed E-state index contributed by atoms with van der Waals surface area (Å²) in [6, 6.07) is 11.0. The molecule has 2 bridgehead atoms. The molecule has 2 aliphatic heterocycles. The molecule has 0 saturated carbocycles. The molecule has 0 radical (unpaired) electrons. The number of likely N-dealkylation sites (tertiary alicyclic amines) is 1. The van der Waals surface area contributed by atoms with E-state index in [1.165, 1.54) is 12.8 Å². The lowest BCUT2D eigenvalue weighted by Gasteiger charge is -2.26. The van der Waals surface area contributed by atoms with Crippen molar-refractivity contribution in [1.82, 2.24) is 10.2 Å². The first-order valence-corrected chi connectivity index (χ1v) is 8.24. The minimum atomic E-state index is -0.218. The van der Waals surface area contributed by atoms with Crippen LogP contribution in [0, 0.1) is 0 Å². The number of carbonyl (C=O) groups excluding carboxylic acids is 1. The number of hydrogen-bond donors (Lipinski definition) is 1. The molecule has 1 aromatic carbocycles. The van der Waals surface area contributed by atoms with Gasteiger partial charge in [-0.25, -0.2) is 0 Å². The summed E-state index contributed by atoms with van der Waals surface area (Å²) < 4.78 is 5.87. The first-order valence-electron chi connectivity index (χ1n) is 8.24. The molecule has 2 fully saturated rings. The van der Waals surface area contributed by atoms with Gasteiger partial charge in [0.15, 0.2) is 0 Å². The number of hydrogen-bond acceptors (Lipinski definition) is 3. The van der Waals surface area contributed by atoms with Crippen molar-refractivity contribution in [1.29, 1.82) is 0 Å². The van der Waals surface area contributed by atoms with Gasteiger partial charge < -0.3 is 14.6 Å². The van der Waals surface area contributed by atoms with Crippen molar-refractivity contribution in [2.24, 2.45) is 0 Å². The molecule has 1 aromatic heterocycles. The zero-order valence-electron chi connectivity index (χ0n) is 12.9. The zero-order chi connectivity index (χ0) is 15.1. The number of furan rings is 1. The highest BCUT2D eigenvalue weighted by Gasteiger charge is 2.33. The highest BCUT2D eigenvalue weighted by molar-refractivity contribution is 5.85. The molecule has 116 valence electrons. The van der Waals surface area contributed by atoms with Crippen LogP contribution in [0.3, 0.4) is 0 Å². The van der Waals surface area contributed by atoms with Crippen LogP contribution in [0.5, 0.6) is 0 Å². The summed E-state index contributed by atoms with van der Waals surface area (Å²) in [5.74, 6) is 0.742. The smallest absolute Gasteiger partial charge is 0.233 e. The Kier molecular flexibility index (Phi) is 3.41. The number of benzene rings is 1. The fourth-order valence-electron chi connectivity index (χ4n) is 3.75. The fourth-order valence-corrected chi connectivity index (χ4v) is 3.75. The van der Waals surface area contributed by atoms with Crippen LogP contribution < -0.4 is 5.32 Å². The van der Waals surface area contributed by atoms with Gasteiger partial charge in [0.05, 0.1) is 5.92 Å². The van der Waals surface area contributed by atoms with Gasteiger partial charge in [-0.2, -0.15) is 0 Å². The van der Waals surface area contributed by atoms with Gasteiger partial charge in [-0.1, -0.05) is 18.2 Å². The van der Waals surface area contributed by atoms with Crippen molar-refractivity contribution < 1.29 is 9.21 Å². The summed E-state index contributed by atoms with van der Waals surface area (Å²) in [5.41, 5.74) is 0.855. The summed E-state index contributed by atoms with van der Waals surface area (Å²) >= 11 is 0. The van der Waals surface area contributed by atoms with Crippen molar-refractivity contribution in [3.63, 3.8) is 0 Å². The molecule has 2 aliphatic rings. The Bertz CT molecular complexity index is 660. The maximum absolute atomic E-state index is 12.8. The minimum Gasteiger partial charge on any atom is -0.460 e. The highest BCUT2D eigenvalue weighted by Crippen LogP contribution is 2.28. The number of fused-ring (bicyclic) bond motifs is 3. The van der Waals surface area contributed by atoms with E-state index in [0.29, 0.717) is 12.1 Å². The molecule has 4 nitrogen and oxygen atoms in total. The van der Waals surface area contributed by atoms with Crippen molar-refractivity contribution in [2.75, 3.05) is 13.1 Å². The minimum absolute atomic E-state index is 0.188. The second-order valence-electron chi connectivity index (χ2n) is 6.62. The van der Waals surface area contributed by atoms with Crippen LogP contribution in [0.1, 0.15) is 37.9 Å². The Morgan fingerprint density at radius 2 is 2.09 bits per heavy atom. The molecule has 4 heteroatoms. The van der Waals surface area contributed by atoms with Crippen LogP contribution in [0.25, 0.3) is 11.0 Å². The Balaban J connectivity index is 1.53. The number of nitrogens with one attached hydrogen (secondary N) is 1. The Morgan fingerprint density at radius 3 is 2.95 bits per heavy atom. The van der Waals surface area contributed by atoms with E-state index in [1.807, 2.05) is 42.2 Å². The Labute approximate surface area is 130 Å². The Morgan fingerprint density at radius 1 is 1.27 bits per heavy atom. The summed E-state index contributed by atoms with van der Waals surface area (Å²) in [4.78, 5) is 14.9. The van der Waals surface area contributed by atoms with Crippen LogP contribution in [0.4, 0.5) is 0 Å². The van der Waals surface area contributed by atoms with Crippen molar-refractivity contribution >= 4 is 16.9 Å². The molecular formula is C18H22N2O2. The van der Waals surface area contributed by atoms with Gasteiger partial charge in [0.25, 0.3) is 0 Å². The van der Waals surface area contributed by atoms with Gasteiger partial charge in [0, 0.05) is 30.6 Å².